The monoisotopic (exact) mass is 252 g/mol. The minimum atomic E-state index is -0.111. The highest BCUT2D eigenvalue weighted by molar-refractivity contribution is 5.89. The van der Waals surface area contributed by atoms with Crippen LogP contribution in [-0.2, 0) is 16.1 Å². The van der Waals surface area contributed by atoms with Gasteiger partial charge in [-0.3, -0.25) is 4.79 Å². The molecule has 0 spiro atoms. The molecule has 0 saturated heterocycles. The Kier molecular flexibility index (Phi) is 6.35. The molecule has 0 aliphatic carbocycles. The second-order valence-electron chi connectivity index (χ2n) is 4.05. The number of aliphatic hydroxyl groups is 1. The van der Waals surface area contributed by atoms with Crippen molar-refractivity contribution < 1.29 is 14.6 Å². The predicted molar refractivity (Wildman–Crippen MR) is 70.3 cm³/mol. The molecule has 3 N–H and O–H groups in total. The van der Waals surface area contributed by atoms with Gasteiger partial charge in [0.25, 0.3) is 0 Å². The van der Waals surface area contributed by atoms with Crippen LogP contribution in [0.25, 0.3) is 0 Å². The van der Waals surface area contributed by atoms with Gasteiger partial charge >= 0.3 is 0 Å². The Labute approximate surface area is 107 Å². The summed E-state index contributed by atoms with van der Waals surface area (Å²) in [5.41, 5.74) is 1.76. The van der Waals surface area contributed by atoms with Crippen LogP contribution in [0.4, 0.5) is 5.69 Å². The molecule has 5 heteroatoms. The van der Waals surface area contributed by atoms with Crippen molar-refractivity contribution in [3.63, 3.8) is 0 Å². The molecule has 0 aliphatic rings. The van der Waals surface area contributed by atoms with Crippen LogP contribution in [-0.4, -0.2) is 37.4 Å². The van der Waals surface area contributed by atoms with E-state index in [4.69, 9.17) is 9.84 Å². The van der Waals surface area contributed by atoms with E-state index in [9.17, 15) is 4.79 Å². The van der Waals surface area contributed by atoms with E-state index >= 15 is 0 Å². The van der Waals surface area contributed by atoms with Crippen molar-refractivity contribution in [3.05, 3.63) is 29.8 Å². The predicted octanol–water partition coefficient (Wildman–Crippen LogP) is 0.742. The van der Waals surface area contributed by atoms with Gasteiger partial charge in [0.1, 0.15) is 0 Å². The van der Waals surface area contributed by atoms with Gasteiger partial charge in [-0.1, -0.05) is 18.2 Å². The highest BCUT2D eigenvalue weighted by atomic mass is 16.5. The molecule has 1 rings (SSSR count). The van der Waals surface area contributed by atoms with Crippen molar-refractivity contribution >= 4 is 11.6 Å². The summed E-state index contributed by atoms with van der Waals surface area (Å²) in [7, 11) is 1.59. The summed E-state index contributed by atoms with van der Waals surface area (Å²) < 4.78 is 4.99. The van der Waals surface area contributed by atoms with Crippen LogP contribution in [0.3, 0.4) is 0 Å². The molecule has 5 nitrogen and oxygen atoms in total. The van der Waals surface area contributed by atoms with Gasteiger partial charge in [-0.15, -0.1) is 0 Å². The van der Waals surface area contributed by atoms with Crippen LogP contribution in [0.1, 0.15) is 12.5 Å². The summed E-state index contributed by atoms with van der Waals surface area (Å²) in [5.74, 6) is -0.0990. The maximum absolute atomic E-state index is 11.1. The molecule has 18 heavy (non-hydrogen) atoms. The second kappa shape index (κ2) is 7.81. The molecule has 0 bridgehead atoms. The fraction of sp³-hybridized carbons (Fsp3) is 0.462. The van der Waals surface area contributed by atoms with E-state index in [2.05, 4.69) is 10.6 Å². The third kappa shape index (κ3) is 4.83. The molecule has 0 aliphatic heterocycles. The van der Waals surface area contributed by atoms with Crippen molar-refractivity contribution in [1.82, 2.24) is 5.32 Å². The average Bonchev–Trinajstić information content (AvgIpc) is 2.35. The first-order chi connectivity index (χ1) is 8.67. The maximum Gasteiger partial charge on any atom is 0.221 e. The van der Waals surface area contributed by atoms with Crippen molar-refractivity contribution in [2.45, 2.75) is 19.5 Å². The van der Waals surface area contributed by atoms with Gasteiger partial charge in [0.05, 0.1) is 19.3 Å². The zero-order chi connectivity index (χ0) is 13.4. The Bertz CT molecular complexity index is 382. The fourth-order valence-corrected chi connectivity index (χ4v) is 1.62. The van der Waals surface area contributed by atoms with Gasteiger partial charge in [0.2, 0.25) is 5.91 Å². The molecular formula is C13H20N2O3. The summed E-state index contributed by atoms with van der Waals surface area (Å²) in [5, 5.41) is 15.1. The maximum atomic E-state index is 11.1. The topological polar surface area (TPSA) is 70.6 Å². The molecule has 100 valence electrons. The van der Waals surface area contributed by atoms with Crippen molar-refractivity contribution in [1.29, 1.82) is 0 Å². The second-order valence-corrected chi connectivity index (χ2v) is 4.05. The number of hydrogen-bond donors (Lipinski definition) is 3. The SMILES string of the molecule is COCC(CO)NCc1ccccc1NC(C)=O. The Balaban J connectivity index is 2.62. The Hall–Kier alpha value is -1.43. The Morgan fingerprint density at radius 1 is 1.44 bits per heavy atom. The van der Waals surface area contributed by atoms with Crippen molar-refractivity contribution in [3.8, 4) is 0 Å². The number of carbonyl (C=O) groups is 1. The van der Waals surface area contributed by atoms with Crippen molar-refractivity contribution in [2.75, 3.05) is 25.6 Å². The van der Waals surface area contributed by atoms with Gasteiger partial charge < -0.3 is 20.5 Å². The Morgan fingerprint density at radius 3 is 2.78 bits per heavy atom. The third-order valence-corrected chi connectivity index (χ3v) is 2.50. The summed E-state index contributed by atoms with van der Waals surface area (Å²) in [6, 6.07) is 7.45. The first kappa shape index (κ1) is 14.6. The highest BCUT2D eigenvalue weighted by Gasteiger charge is 2.08. The van der Waals surface area contributed by atoms with Gasteiger partial charge in [0, 0.05) is 26.3 Å². The summed E-state index contributed by atoms with van der Waals surface area (Å²) in [4.78, 5) is 11.1. The third-order valence-electron chi connectivity index (χ3n) is 2.50. The number of ether oxygens (including phenoxy) is 1. The van der Waals surface area contributed by atoms with Gasteiger partial charge in [-0.25, -0.2) is 0 Å². The molecule has 0 aromatic heterocycles. The van der Waals surface area contributed by atoms with Gasteiger partial charge in [-0.2, -0.15) is 0 Å². The largest absolute Gasteiger partial charge is 0.395 e. The quantitative estimate of drug-likeness (QED) is 0.669. The zero-order valence-electron chi connectivity index (χ0n) is 10.8. The average molecular weight is 252 g/mol. The standard InChI is InChI=1S/C13H20N2O3/c1-10(17)15-13-6-4-3-5-11(13)7-14-12(8-16)9-18-2/h3-6,12,14,16H,7-9H2,1-2H3,(H,15,17). The van der Waals surface area contributed by atoms with E-state index in [1.807, 2.05) is 24.3 Å². The first-order valence-corrected chi connectivity index (χ1v) is 5.86. The molecule has 0 radical (unpaired) electrons. The molecule has 0 saturated carbocycles. The number of amides is 1. The summed E-state index contributed by atoms with van der Waals surface area (Å²) in [6.45, 7) is 2.49. The van der Waals surface area contributed by atoms with Crippen LogP contribution < -0.4 is 10.6 Å². The fourth-order valence-electron chi connectivity index (χ4n) is 1.62. The van der Waals surface area contributed by atoms with E-state index in [-0.39, 0.29) is 18.6 Å². The lowest BCUT2D eigenvalue weighted by molar-refractivity contribution is -0.114. The number of aliphatic hydroxyl groups excluding tert-OH is 1. The normalized spacial score (nSPS) is 12.2. The van der Waals surface area contributed by atoms with Crippen LogP contribution in [0.5, 0.6) is 0 Å². The number of hydrogen-bond acceptors (Lipinski definition) is 4. The van der Waals surface area contributed by atoms with E-state index < -0.39 is 0 Å². The van der Waals surface area contributed by atoms with Gasteiger partial charge in [0.15, 0.2) is 0 Å². The molecule has 0 heterocycles. The molecule has 1 atom stereocenters. The lowest BCUT2D eigenvalue weighted by Crippen LogP contribution is -2.36. The molecular weight excluding hydrogens is 232 g/mol. The molecule has 1 unspecified atom stereocenters. The van der Waals surface area contributed by atoms with Crippen LogP contribution in [0.15, 0.2) is 24.3 Å². The number of anilines is 1. The molecule has 1 aromatic carbocycles. The summed E-state index contributed by atoms with van der Waals surface area (Å²) in [6.07, 6.45) is 0. The highest BCUT2D eigenvalue weighted by Crippen LogP contribution is 2.14. The van der Waals surface area contributed by atoms with E-state index in [1.165, 1.54) is 6.92 Å². The van der Waals surface area contributed by atoms with Crippen LogP contribution in [0, 0.1) is 0 Å². The lowest BCUT2D eigenvalue weighted by atomic mass is 10.1. The summed E-state index contributed by atoms with van der Waals surface area (Å²) >= 11 is 0. The first-order valence-electron chi connectivity index (χ1n) is 5.86. The number of benzene rings is 1. The van der Waals surface area contributed by atoms with Crippen LogP contribution in [0.2, 0.25) is 0 Å². The lowest BCUT2D eigenvalue weighted by Gasteiger charge is -2.17. The Morgan fingerprint density at radius 2 is 2.17 bits per heavy atom. The van der Waals surface area contributed by atoms with E-state index in [0.717, 1.165) is 11.3 Å². The molecule has 0 fully saturated rings. The minimum Gasteiger partial charge on any atom is -0.395 e. The van der Waals surface area contributed by atoms with E-state index in [0.29, 0.717) is 13.2 Å². The molecule has 1 amide bonds. The zero-order valence-corrected chi connectivity index (χ0v) is 10.8. The number of nitrogens with one attached hydrogen (secondary N) is 2. The number of methoxy groups -OCH3 is 1. The number of rotatable bonds is 7. The van der Waals surface area contributed by atoms with E-state index in [1.54, 1.807) is 7.11 Å². The number of para-hydroxylation sites is 1. The number of carbonyl (C=O) groups excluding carboxylic acids is 1. The molecule has 1 aromatic rings. The van der Waals surface area contributed by atoms with Crippen LogP contribution >= 0.6 is 0 Å². The smallest absolute Gasteiger partial charge is 0.221 e. The minimum absolute atomic E-state index is 0.0101. The van der Waals surface area contributed by atoms with Crippen molar-refractivity contribution in [2.24, 2.45) is 0 Å². The van der Waals surface area contributed by atoms with Gasteiger partial charge in [-0.05, 0) is 11.6 Å².